The van der Waals surface area contributed by atoms with Crippen LogP contribution in [0.2, 0.25) is 0 Å². The molecule has 166 valence electrons. The number of aromatic hydroxyl groups is 1. The summed E-state index contributed by atoms with van der Waals surface area (Å²) in [7, 11) is 1.59. The molecule has 0 spiro atoms. The van der Waals surface area contributed by atoms with E-state index in [4.69, 9.17) is 5.84 Å². The van der Waals surface area contributed by atoms with Crippen LogP contribution in [0.25, 0.3) is 0 Å². The molecule has 1 atom stereocenters. The second-order valence-electron chi connectivity index (χ2n) is 8.14. The van der Waals surface area contributed by atoms with Crippen molar-refractivity contribution in [3.05, 3.63) is 65.3 Å². The quantitative estimate of drug-likeness (QED) is 0.302. The van der Waals surface area contributed by atoms with E-state index in [2.05, 4.69) is 5.32 Å². The fourth-order valence-corrected chi connectivity index (χ4v) is 3.50. The molecule has 2 rings (SSSR count). The smallest absolute Gasteiger partial charge is 0.418 e. The highest BCUT2D eigenvalue weighted by atomic mass is 19.4. The summed E-state index contributed by atoms with van der Waals surface area (Å²) in [6, 6.07) is 3.07. The molecule has 30 heavy (non-hydrogen) atoms. The van der Waals surface area contributed by atoms with E-state index in [1.807, 2.05) is 6.08 Å². The van der Waals surface area contributed by atoms with Gasteiger partial charge in [0.25, 0.3) is 0 Å². The van der Waals surface area contributed by atoms with Gasteiger partial charge in [-0.2, -0.15) is 13.2 Å². The van der Waals surface area contributed by atoms with E-state index in [0.717, 1.165) is 18.2 Å². The SMILES string of the molecule is CN(N)/C=C1\CC=CC=C1NCC(O)(CC(C)(C)c1cc(F)ccc1O)C(F)(F)F. The molecule has 1 unspecified atom stereocenters. The van der Waals surface area contributed by atoms with Gasteiger partial charge in [-0.05, 0) is 48.1 Å². The third-order valence-electron chi connectivity index (χ3n) is 4.96. The minimum atomic E-state index is -4.97. The van der Waals surface area contributed by atoms with Gasteiger partial charge in [0, 0.05) is 24.5 Å². The zero-order valence-corrected chi connectivity index (χ0v) is 17.1. The van der Waals surface area contributed by atoms with Crippen LogP contribution < -0.4 is 11.2 Å². The summed E-state index contributed by atoms with van der Waals surface area (Å²) >= 11 is 0. The predicted molar refractivity (Wildman–Crippen MR) is 107 cm³/mol. The molecule has 5 N–H and O–H groups in total. The number of nitrogens with zero attached hydrogens (tertiary/aromatic N) is 1. The van der Waals surface area contributed by atoms with Crippen LogP contribution in [-0.4, -0.2) is 40.6 Å². The van der Waals surface area contributed by atoms with Crippen LogP contribution in [0.3, 0.4) is 0 Å². The largest absolute Gasteiger partial charge is 0.508 e. The summed E-state index contributed by atoms with van der Waals surface area (Å²) < 4.78 is 55.3. The zero-order chi connectivity index (χ0) is 22.7. The van der Waals surface area contributed by atoms with Crippen molar-refractivity contribution in [1.29, 1.82) is 0 Å². The van der Waals surface area contributed by atoms with E-state index >= 15 is 0 Å². The summed E-state index contributed by atoms with van der Waals surface area (Å²) in [5, 5.41) is 24.6. The lowest BCUT2D eigenvalue weighted by Crippen LogP contribution is -2.55. The van der Waals surface area contributed by atoms with Crippen LogP contribution in [0.1, 0.15) is 32.3 Å². The molecular weight excluding hydrogens is 402 g/mol. The van der Waals surface area contributed by atoms with Crippen molar-refractivity contribution in [2.45, 2.75) is 43.9 Å². The van der Waals surface area contributed by atoms with Crippen molar-refractivity contribution in [3.8, 4) is 5.75 Å². The second kappa shape index (κ2) is 8.69. The van der Waals surface area contributed by atoms with Gasteiger partial charge in [0.1, 0.15) is 11.6 Å². The third-order valence-corrected chi connectivity index (χ3v) is 4.96. The normalized spacial score (nSPS) is 18.2. The second-order valence-corrected chi connectivity index (χ2v) is 8.14. The maximum atomic E-state index is 13.9. The Kier molecular flexibility index (Phi) is 6.88. The van der Waals surface area contributed by atoms with Crippen LogP contribution in [0.15, 0.2) is 53.9 Å². The molecule has 1 aliphatic carbocycles. The first kappa shape index (κ1) is 23.8. The number of allylic oxidation sites excluding steroid dienone is 4. The maximum Gasteiger partial charge on any atom is 0.418 e. The number of hydrazine groups is 1. The van der Waals surface area contributed by atoms with Gasteiger partial charge in [-0.15, -0.1) is 0 Å². The molecule has 0 radical (unpaired) electrons. The molecule has 0 fully saturated rings. The molecule has 0 saturated heterocycles. The molecule has 0 aromatic heterocycles. The molecule has 0 heterocycles. The van der Waals surface area contributed by atoms with Crippen LogP contribution in [0.4, 0.5) is 17.6 Å². The predicted octanol–water partition coefficient (Wildman–Crippen LogP) is 3.62. The fraction of sp³-hybridized carbons (Fsp3) is 0.429. The lowest BCUT2D eigenvalue weighted by molar-refractivity contribution is -0.264. The van der Waals surface area contributed by atoms with Crippen molar-refractivity contribution >= 4 is 0 Å². The van der Waals surface area contributed by atoms with E-state index < -0.39 is 36.0 Å². The average molecular weight is 429 g/mol. The topological polar surface area (TPSA) is 81.8 Å². The van der Waals surface area contributed by atoms with E-state index in [-0.39, 0.29) is 11.3 Å². The van der Waals surface area contributed by atoms with Gasteiger partial charge in [-0.1, -0.05) is 26.0 Å². The number of halogens is 4. The zero-order valence-electron chi connectivity index (χ0n) is 17.1. The van der Waals surface area contributed by atoms with Gasteiger partial charge in [0.2, 0.25) is 0 Å². The van der Waals surface area contributed by atoms with Crippen molar-refractivity contribution in [2.24, 2.45) is 5.84 Å². The van der Waals surface area contributed by atoms with Gasteiger partial charge >= 0.3 is 6.18 Å². The van der Waals surface area contributed by atoms with Gasteiger partial charge in [0.05, 0.1) is 6.54 Å². The molecule has 1 aromatic carbocycles. The van der Waals surface area contributed by atoms with Crippen LogP contribution in [-0.2, 0) is 5.41 Å². The van der Waals surface area contributed by atoms with E-state index in [1.54, 1.807) is 25.4 Å². The molecule has 1 aliphatic rings. The Hall–Kier alpha value is -2.52. The number of alkyl halides is 3. The lowest BCUT2D eigenvalue weighted by Gasteiger charge is -2.38. The summed E-state index contributed by atoms with van der Waals surface area (Å²) in [4.78, 5) is 0. The van der Waals surface area contributed by atoms with Gasteiger partial charge < -0.3 is 20.5 Å². The first-order valence-electron chi connectivity index (χ1n) is 9.32. The number of hydrogen-bond acceptors (Lipinski definition) is 5. The number of nitrogens with one attached hydrogen (secondary N) is 1. The summed E-state index contributed by atoms with van der Waals surface area (Å²) in [6.07, 6.45) is 1.38. The van der Waals surface area contributed by atoms with Crippen molar-refractivity contribution < 1.29 is 27.8 Å². The molecule has 0 aliphatic heterocycles. The molecular formula is C21H27F4N3O2. The molecule has 0 amide bonds. The fourth-order valence-electron chi connectivity index (χ4n) is 3.50. The third kappa shape index (κ3) is 5.54. The molecule has 1 aromatic rings. The highest BCUT2D eigenvalue weighted by Gasteiger charge is 2.56. The standard InChI is InChI=1S/C21H27F4N3O2/c1-19(2,16-10-15(22)8-9-18(16)29)12-20(30,21(23,24)25)13-27-17-7-5-4-6-14(17)11-28(3)26/h4-5,7-11,27,29-30H,6,12-13,26H2,1-3H3/b14-11+. The number of nitrogens with two attached hydrogens (primary N) is 1. The Morgan fingerprint density at radius 3 is 2.53 bits per heavy atom. The van der Waals surface area contributed by atoms with Crippen molar-refractivity contribution in [1.82, 2.24) is 10.3 Å². The van der Waals surface area contributed by atoms with E-state index in [9.17, 15) is 27.8 Å². The summed E-state index contributed by atoms with van der Waals surface area (Å²) in [5.74, 6) is 4.58. The number of aliphatic hydroxyl groups is 1. The summed E-state index contributed by atoms with van der Waals surface area (Å²) in [5.41, 5.74) is -3.47. The Balaban J connectivity index is 2.31. The number of rotatable bonds is 7. The highest BCUT2D eigenvalue weighted by Crippen LogP contribution is 2.43. The molecule has 0 saturated carbocycles. The van der Waals surface area contributed by atoms with Crippen molar-refractivity contribution in [3.63, 3.8) is 0 Å². The van der Waals surface area contributed by atoms with E-state index in [1.165, 1.54) is 18.9 Å². The Morgan fingerprint density at radius 2 is 1.93 bits per heavy atom. The Labute approximate surface area is 173 Å². The van der Waals surface area contributed by atoms with Crippen LogP contribution in [0.5, 0.6) is 5.75 Å². The summed E-state index contributed by atoms with van der Waals surface area (Å²) in [6.45, 7) is 1.99. The first-order valence-corrected chi connectivity index (χ1v) is 9.32. The minimum Gasteiger partial charge on any atom is -0.508 e. The van der Waals surface area contributed by atoms with Crippen LogP contribution >= 0.6 is 0 Å². The number of hydrogen-bond donors (Lipinski definition) is 4. The van der Waals surface area contributed by atoms with Crippen LogP contribution in [0, 0.1) is 5.82 Å². The number of benzene rings is 1. The minimum absolute atomic E-state index is 0.0182. The van der Waals surface area contributed by atoms with Crippen molar-refractivity contribution in [2.75, 3.05) is 13.6 Å². The maximum absolute atomic E-state index is 13.9. The molecule has 0 bridgehead atoms. The first-order chi connectivity index (χ1) is 13.7. The number of phenolic OH excluding ortho intramolecular Hbond substituents is 1. The van der Waals surface area contributed by atoms with Gasteiger partial charge in [0.15, 0.2) is 5.60 Å². The lowest BCUT2D eigenvalue weighted by atomic mass is 9.74. The highest BCUT2D eigenvalue weighted by molar-refractivity contribution is 5.39. The number of phenols is 1. The van der Waals surface area contributed by atoms with Gasteiger partial charge in [-0.25, -0.2) is 10.2 Å². The monoisotopic (exact) mass is 429 g/mol. The molecule has 9 heteroatoms. The molecule has 5 nitrogen and oxygen atoms in total. The van der Waals surface area contributed by atoms with Gasteiger partial charge in [-0.3, -0.25) is 0 Å². The Morgan fingerprint density at radius 1 is 1.27 bits per heavy atom. The average Bonchev–Trinajstić information content (AvgIpc) is 2.61. The van der Waals surface area contributed by atoms with E-state index in [0.29, 0.717) is 17.7 Å². The Bertz CT molecular complexity index is 860.